The summed E-state index contributed by atoms with van der Waals surface area (Å²) in [5, 5.41) is 0.981. The van der Waals surface area contributed by atoms with E-state index in [1.165, 1.54) is 0 Å². The molecule has 0 aliphatic heterocycles. The van der Waals surface area contributed by atoms with Gasteiger partial charge in [0, 0.05) is 5.54 Å². The highest BCUT2D eigenvalue weighted by Crippen LogP contribution is 2.42. The van der Waals surface area contributed by atoms with Crippen molar-refractivity contribution in [2.75, 3.05) is 0 Å². The minimum atomic E-state index is -0.565. The van der Waals surface area contributed by atoms with Crippen LogP contribution in [0.15, 0.2) is 48.5 Å². The Morgan fingerprint density at radius 2 is 1.92 bits per heavy atom. The Balaban J connectivity index is 1.63. The Morgan fingerprint density at radius 1 is 1.17 bits per heavy atom. The number of halogens is 2. The monoisotopic (exact) mass is 363 g/mol. The van der Waals surface area contributed by atoms with E-state index in [9.17, 15) is 4.79 Å². The molecule has 0 aromatic heterocycles. The van der Waals surface area contributed by atoms with E-state index in [2.05, 4.69) is 0 Å². The second kappa shape index (κ2) is 7.14. The smallest absolute Gasteiger partial charge is 0.309 e. The molecule has 0 saturated heterocycles. The third kappa shape index (κ3) is 3.75. The van der Waals surface area contributed by atoms with Crippen LogP contribution in [0.25, 0.3) is 0 Å². The predicted octanol–water partition coefficient (Wildman–Crippen LogP) is 4.69. The normalized spacial score (nSPS) is 23.2. The van der Waals surface area contributed by atoms with Gasteiger partial charge in [-0.2, -0.15) is 0 Å². The van der Waals surface area contributed by atoms with Crippen molar-refractivity contribution in [2.45, 2.75) is 31.4 Å². The lowest BCUT2D eigenvalue weighted by molar-refractivity contribution is -0.149. The van der Waals surface area contributed by atoms with Gasteiger partial charge >= 0.3 is 5.97 Å². The molecule has 24 heavy (non-hydrogen) atoms. The maximum absolute atomic E-state index is 12.3. The maximum atomic E-state index is 12.3. The number of hydrogen-bond donors (Lipinski definition) is 1. The summed E-state index contributed by atoms with van der Waals surface area (Å²) in [6.07, 6.45) is 1.99. The molecular formula is C19H19Cl2NO2. The van der Waals surface area contributed by atoms with Crippen molar-refractivity contribution in [3.8, 4) is 0 Å². The van der Waals surface area contributed by atoms with Gasteiger partial charge in [-0.1, -0.05) is 59.6 Å². The fourth-order valence-corrected chi connectivity index (χ4v) is 3.49. The van der Waals surface area contributed by atoms with E-state index >= 15 is 0 Å². The third-order valence-electron chi connectivity index (χ3n) is 4.60. The number of ether oxygens (including phenoxy) is 1. The van der Waals surface area contributed by atoms with Crippen LogP contribution in [0.1, 0.15) is 30.4 Å². The van der Waals surface area contributed by atoms with Crippen molar-refractivity contribution in [3.05, 3.63) is 69.7 Å². The highest BCUT2D eigenvalue weighted by atomic mass is 35.5. The second-order valence-electron chi connectivity index (χ2n) is 6.32. The van der Waals surface area contributed by atoms with Gasteiger partial charge in [0.1, 0.15) is 6.61 Å². The minimum Gasteiger partial charge on any atom is -0.461 e. The summed E-state index contributed by atoms with van der Waals surface area (Å²) in [6, 6.07) is 15.1. The van der Waals surface area contributed by atoms with Gasteiger partial charge in [-0.05, 0) is 42.5 Å². The molecule has 1 aliphatic rings. The summed E-state index contributed by atoms with van der Waals surface area (Å²) in [5.74, 6) is -0.376. The molecule has 2 N–H and O–H groups in total. The predicted molar refractivity (Wildman–Crippen MR) is 95.9 cm³/mol. The summed E-state index contributed by atoms with van der Waals surface area (Å²) in [5.41, 5.74) is 7.85. The van der Waals surface area contributed by atoms with Crippen molar-refractivity contribution >= 4 is 29.2 Å². The van der Waals surface area contributed by atoms with Crippen molar-refractivity contribution < 1.29 is 9.53 Å². The lowest BCUT2D eigenvalue weighted by atomic mass is 9.88. The zero-order valence-corrected chi connectivity index (χ0v) is 14.7. The SMILES string of the molecule is NC1(c2ccc(Cl)c(Cl)c2)CCC(C(=O)OCc2ccccc2)C1. The molecule has 2 atom stereocenters. The summed E-state index contributed by atoms with van der Waals surface area (Å²) < 4.78 is 5.44. The molecule has 0 amide bonds. The van der Waals surface area contributed by atoms with Gasteiger partial charge in [-0.25, -0.2) is 0 Å². The first-order valence-corrected chi connectivity index (χ1v) is 8.68. The fourth-order valence-electron chi connectivity index (χ4n) is 3.19. The molecule has 3 rings (SSSR count). The number of hydrogen-bond acceptors (Lipinski definition) is 3. The van der Waals surface area contributed by atoms with Crippen LogP contribution in [0, 0.1) is 5.92 Å². The van der Waals surface area contributed by atoms with E-state index in [0.717, 1.165) is 17.5 Å². The van der Waals surface area contributed by atoms with Gasteiger partial charge in [-0.3, -0.25) is 4.79 Å². The second-order valence-corrected chi connectivity index (χ2v) is 7.13. The van der Waals surface area contributed by atoms with Crippen molar-refractivity contribution in [3.63, 3.8) is 0 Å². The summed E-state index contributed by atoms with van der Waals surface area (Å²) >= 11 is 12.1. The van der Waals surface area contributed by atoms with Crippen LogP contribution in [-0.2, 0) is 21.7 Å². The first kappa shape index (κ1) is 17.3. The minimum absolute atomic E-state index is 0.187. The van der Waals surface area contributed by atoms with Crippen molar-refractivity contribution in [1.82, 2.24) is 0 Å². The number of nitrogens with two attached hydrogens (primary N) is 1. The van der Waals surface area contributed by atoms with Crippen LogP contribution in [0.5, 0.6) is 0 Å². The number of rotatable bonds is 4. The topological polar surface area (TPSA) is 52.3 Å². The molecule has 1 saturated carbocycles. The number of carbonyl (C=O) groups excluding carboxylic acids is 1. The highest BCUT2D eigenvalue weighted by molar-refractivity contribution is 6.42. The van der Waals surface area contributed by atoms with E-state index < -0.39 is 5.54 Å². The molecule has 126 valence electrons. The fraction of sp³-hybridized carbons (Fsp3) is 0.316. The quantitative estimate of drug-likeness (QED) is 0.801. The number of carbonyl (C=O) groups is 1. The van der Waals surface area contributed by atoms with E-state index in [-0.39, 0.29) is 11.9 Å². The Morgan fingerprint density at radius 3 is 2.62 bits per heavy atom. The van der Waals surface area contributed by atoms with Gasteiger partial charge in [0.25, 0.3) is 0 Å². The zero-order chi connectivity index (χ0) is 17.2. The summed E-state index contributed by atoms with van der Waals surface area (Å²) in [6.45, 7) is 0.292. The van der Waals surface area contributed by atoms with E-state index in [0.29, 0.717) is 29.5 Å². The van der Waals surface area contributed by atoms with Gasteiger partial charge in [0.2, 0.25) is 0 Å². The lowest BCUT2D eigenvalue weighted by Gasteiger charge is -2.25. The van der Waals surface area contributed by atoms with Crippen LogP contribution < -0.4 is 5.73 Å². The Kier molecular flexibility index (Phi) is 5.14. The highest BCUT2D eigenvalue weighted by Gasteiger charge is 2.41. The van der Waals surface area contributed by atoms with Crippen LogP contribution in [-0.4, -0.2) is 5.97 Å². The van der Waals surface area contributed by atoms with E-state index in [1.54, 1.807) is 12.1 Å². The molecule has 2 unspecified atom stereocenters. The van der Waals surface area contributed by atoms with E-state index in [1.807, 2.05) is 36.4 Å². The molecular weight excluding hydrogens is 345 g/mol. The average molecular weight is 364 g/mol. The number of esters is 1. The van der Waals surface area contributed by atoms with Gasteiger partial charge in [0.15, 0.2) is 0 Å². The third-order valence-corrected chi connectivity index (χ3v) is 5.34. The molecule has 5 heteroatoms. The van der Waals surface area contributed by atoms with Crippen molar-refractivity contribution in [1.29, 1.82) is 0 Å². The van der Waals surface area contributed by atoms with Crippen LogP contribution >= 0.6 is 23.2 Å². The maximum Gasteiger partial charge on any atom is 0.309 e. The van der Waals surface area contributed by atoms with E-state index in [4.69, 9.17) is 33.7 Å². The molecule has 0 bridgehead atoms. The first-order chi connectivity index (χ1) is 11.5. The Labute approximate surface area is 151 Å². The molecule has 0 radical (unpaired) electrons. The molecule has 2 aromatic carbocycles. The average Bonchev–Trinajstić information content (AvgIpc) is 3.00. The molecule has 3 nitrogen and oxygen atoms in total. The molecule has 0 spiro atoms. The largest absolute Gasteiger partial charge is 0.461 e. The standard InChI is InChI=1S/C19H19Cl2NO2/c20-16-7-6-15(10-17(16)21)19(22)9-8-14(11-19)18(23)24-12-13-4-2-1-3-5-13/h1-7,10,14H,8-9,11-12,22H2. The zero-order valence-electron chi connectivity index (χ0n) is 13.2. The molecule has 0 heterocycles. The Hall–Kier alpha value is -1.55. The number of benzene rings is 2. The lowest BCUT2D eigenvalue weighted by Crippen LogP contribution is -2.34. The Bertz CT molecular complexity index is 735. The van der Waals surface area contributed by atoms with Crippen LogP contribution in [0.3, 0.4) is 0 Å². The molecule has 2 aromatic rings. The molecule has 1 fully saturated rings. The van der Waals surface area contributed by atoms with Crippen LogP contribution in [0.2, 0.25) is 10.0 Å². The van der Waals surface area contributed by atoms with Gasteiger partial charge in [-0.15, -0.1) is 0 Å². The molecule has 1 aliphatic carbocycles. The van der Waals surface area contributed by atoms with Crippen molar-refractivity contribution in [2.24, 2.45) is 11.7 Å². The first-order valence-electron chi connectivity index (χ1n) is 7.93. The van der Waals surface area contributed by atoms with Gasteiger partial charge < -0.3 is 10.5 Å². The summed E-state index contributed by atoms with van der Waals surface area (Å²) in [4.78, 5) is 12.3. The van der Waals surface area contributed by atoms with Crippen LogP contribution in [0.4, 0.5) is 0 Å². The summed E-state index contributed by atoms with van der Waals surface area (Å²) in [7, 11) is 0. The van der Waals surface area contributed by atoms with Gasteiger partial charge in [0.05, 0.1) is 16.0 Å².